The zero-order chi connectivity index (χ0) is 20.3. The van der Waals surface area contributed by atoms with Crippen LogP contribution in [-0.4, -0.2) is 58.8 Å². The molecule has 1 aromatic rings. The van der Waals surface area contributed by atoms with E-state index in [2.05, 4.69) is 34.4 Å². The van der Waals surface area contributed by atoms with Crippen molar-refractivity contribution in [2.75, 3.05) is 20.1 Å². The summed E-state index contributed by atoms with van der Waals surface area (Å²) in [6.45, 7) is 8.19. The Hall–Kier alpha value is -1.47. The predicted octanol–water partition coefficient (Wildman–Crippen LogP) is 2.99. The Balaban J connectivity index is 1.55. The van der Waals surface area contributed by atoms with Crippen molar-refractivity contribution in [1.29, 1.82) is 0 Å². The maximum absolute atomic E-state index is 12.9. The molecule has 0 bridgehead atoms. The topological polar surface area (TPSA) is 65.5 Å². The van der Waals surface area contributed by atoms with E-state index in [4.69, 9.17) is 0 Å². The molecule has 0 spiro atoms. The average Bonchev–Trinajstić information content (AvgIpc) is 3.19. The van der Waals surface area contributed by atoms with Crippen molar-refractivity contribution in [3.63, 3.8) is 0 Å². The number of carbonyl (C=O) groups is 2. The Labute approximate surface area is 172 Å². The number of nitrogens with zero attached hydrogens (tertiary/aromatic N) is 3. The summed E-state index contributed by atoms with van der Waals surface area (Å²) in [7, 11) is 1.88. The van der Waals surface area contributed by atoms with Gasteiger partial charge in [0.05, 0.1) is 17.2 Å². The molecule has 156 valence electrons. The van der Waals surface area contributed by atoms with Crippen LogP contribution in [0.4, 0.5) is 0 Å². The van der Waals surface area contributed by atoms with E-state index < -0.39 is 0 Å². The quantitative estimate of drug-likeness (QED) is 0.685. The molecule has 1 saturated carbocycles. The third-order valence-corrected chi connectivity index (χ3v) is 7.02. The van der Waals surface area contributed by atoms with E-state index in [0.29, 0.717) is 31.5 Å². The average molecular weight is 407 g/mol. The monoisotopic (exact) mass is 406 g/mol. The molecule has 3 rings (SSSR count). The van der Waals surface area contributed by atoms with Gasteiger partial charge in [0.25, 0.3) is 0 Å². The molecule has 2 heterocycles. The fourth-order valence-electron chi connectivity index (χ4n) is 3.96. The lowest BCUT2D eigenvalue weighted by Crippen LogP contribution is -2.45. The molecular weight excluding hydrogens is 372 g/mol. The maximum atomic E-state index is 12.9. The zero-order valence-corrected chi connectivity index (χ0v) is 18.4. The van der Waals surface area contributed by atoms with Crippen molar-refractivity contribution < 1.29 is 9.59 Å². The number of likely N-dealkylation sites (tertiary alicyclic amines) is 1. The Morgan fingerprint density at radius 1 is 1.29 bits per heavy atom. The summed E-state index contributed by atoms with van der Waals surface area (Å²) in [5, 5.41) is 6.16. The minimum atomic E-state index is 0.0228. The van der Waals surface area contributed by atoms with Crippen LogP contribution in [0, 0.1) is 5.92 Å². The van der Waals surface area contributed by atoms with E-state index in [1.165, 1.54) is 12.8 Å². The molecule has 6 nitrogen and oxygen atoms in total. The predicted molar refractivity (Wildman–Crippen MR) is 112 cm³/mol. The Morgan fingerprint density at radius 2 is 2.00 bits per heavy atom. The maximum Gasteiger partial charge on any atom is 0.224 e. The molecule has 1 aromatic heterocycles. The van der Waals surface area contributed by atoms with Gasteiger partial charge in [-0.1, -0.05) is 13.8 Å². The Morgan fingerprint density at radius 3 is 2.61 bits per heavy atom. The summed E-state index contributed by atoms with van der Waals surface area (Å²) in [6, 6.07) is 0.649. The number of hydrogen-bond acceptors (Lipinski definition) is 5. The number of aromatic nitrogens is 1. The number of carbonyl (C=O) groups excluding carboxylic acids is 2. The molecule has 0 unspecified atom stereocenters. The first-order valence-electron chi connectivity index (χ1n) is 10.5. The smallest absolute Gasteiger partial charge is 0.224 e. The second-order valence-corrected chi connectivity index (χ2v) is 9.64. The van der Waals surface area contributed by atoms with Gasteiger partial charge in [0.1, 0.15) is 0 Å². The van der Waals surface area contributed by atoms with E-state index in [-0.39, 0.29) is 17.9 Å². The lowest BCUT2D eigenvalue weighted by atomic mass is 10.1. The second kappa shape index (κ2) is 9.35. The molecule has 1 N–H and O–H groups in total. The lowest BCUT2D eigenvalue weighted by Gasteiger charge is -2.31. The SMILES string of the molecule is CC(=O)NC[C@H]1CC[C@@H](CC(=O)N(C)Cc2csc(C(C)C)n2)N1CC1CC1. The van der Waals surface area contributed by atoms with Crippen molar-refractivity contribution in [3.8, 4) is 0 Å². The van der Waals surface area contributed by atoms with Crippen LogP contribution in [0.1, 0.15) is 69.5 Å². The van der Waals surface area contributed by atoms with Gasteiger partial charge in [0.2, 0.25) is 11.8 Å². The van der Waals surface area contributed by atoms with Gasteiger partial charge < -0.3 is 10.2 Å². The molecule has 2 aliphatic rings. The number of nitrogens with one attached hydrogen (secondary N) is 1. The summed E-state index contributed by atoms with van der Waals surface area (Å²) in [5.74, 6) is 1.41. The highest BCUT2D eigenvalue weighted by atomic mass is 32.1. The van der Waals surface area contributed by atoms with Crippen molar-refractivity contribution in [2.24, 2.45) is 5.92 Å². The van der Waals surface area contributed by atoms with Gasteiger partial charge in [0, 0.05) is 56.9 Å². The van der Waals surface area contributed by atoms with Crippen LogP contribution < -0.4 is 5.32 Å². The highest BCUT2D eigenvalue weighted by Gasteiger charge is 2.38. The van der Waals surface area contributed by atoms with Crippen molar-refractivity contribution in [2.45, 2.75) is 77.4 Å². The third kappa shape index (κ3) is 5.77. The van der Waals surface area contributed by atoms with Gasteiger partial charge in [-0.05, 0) is 31.6 Å². The van der Waals surface area contributed by atoms with Crippen molar-refractivity contribution >= 4 is 23.2 Å². The van der Waals surface area contributed by atoms with Gasteiger partial charge in [0.15, 0.2) is 0 Å². The lowest BCUT2D eigenvalue weighted by molar-refractivity contribution is -0.131. The number of thiazole rings is 1. The van der Waals surface area contributed by atoms with Crippen LogP contribution in [0.2, 0.25) is 0 Å². The Kier molecular flexibility index (Phi) is 7.10. The molecule has 7 heteroatoms. The van der Waals surface area contributed by atoms with Gasteiger partial charge in [-0.25, -0.2) is 4.98 Å². The van der Waals surface area contributed by atoms with Gasteiger partial charge in [-0.3, -0.25) is 14.5 Å². The molecule has 0 radical (unpaired) electrons. The first-order chi connectivity index (χ1) is 13.3. The molecule has 1 saturated heterocycles. The Bertz CT molecular complexity index is 686. The molecular formula is C21H34N4O2S. The second-order valence-electron chi connectivity index (χ2n) is 8.75. The molecule has 2 atom stereocenters. The fraction of sp³-hybridized carbons (Fsp3) is 0.762. The molecule has 28 heavy (non-hydrogen) atoms. The molecule has 2 fully saturated rings. The minimum absolute atomic E-state index is 0.0228. The number of rotatable bonds is 9. The van der Waals surface area contributed by atoms with Crippen LogP contribution in [-0.2, 0) is 16.1 Å². The van der Waals surface area contributed by atoms with Gasteiger partial charge >= 0.3 is 0 Å². The summed E-state index contributed by atoms with van der Waals surface area (Å²) in [4.78, 5) is 33.1. The number of hydrogen-bond donors (Lipinski definition) is 1. The van der Waals surface area contributed by atoms with E-state index >= 15 is 0 Å². The first-order valence-corrected chi connectivity index (χ1v) is 11.4. The first kappa shape index (κ1) is 21.2. The largest absolute Gasteiger partial charge is 0.355 e. The van der Waals surface area contributed by atoms with Crippen LogP contribution in [0.15, 0.2) is 5.38 Å². The number of amides is 2. The summed E-state index contributed by atoms with van der Waals surface area (Å²) < 4.78 is 0. The summed E-state index contributed by atoms with van der Waals surface area (Å²) >= 11 is 1.67. The van der Waals surface area contributed by atoms with Gasteiger partial charge in [-0.2, -0.15) is 0 Å². The van der Waals surface area contributed by atoms with E-state index in [0.717, 1.165) is 36.0 Å². The summed E-state index contributed by atoms with van der Waals surface area (Å²) in [5.41, 5.74) is 0.981. The van der Waals surface area contributed by atoms with E-state index in [1.54, 1.807) is 18.3 Å². The molecule has 2 amide bonds. The third-order valence-electron chi connectivity index (χ3n) is 5.82. The van der Waals surface area contributed by atoms with Crippen LogP contribution in [0.5, 0.6) is 0 Å². The molecule has 0 aromatic carbocycles. The zero-order valence-electron chi connectivity index (χ0n) is 17.6. The van der Waals surface area contributed by atoms with Gasteiger partial charge in [-0.15, -0.1) is 11.3 Å². The standard InChI is InChI=1S/C21H34N4O2S/c1-14(2)21-23-17(13-28-21)12-24(4)20(27)9-18-7-8-19(10-22-15(3)26)25(18)11-16-5-6-16/h13-14,16,18-19H,5-12H2,1-4H3,(H,22,26)/t18-,19+/m0/s1. The summed E-state index contributed by atoms with van der Waals surface area (Å²) in [6.07, 6.45) is 5.24. The van der Waals surface area contributed by atoms with Crippen LogP contribution in [0.25, 0.3) is 0 Å². The van der Waals surface area contributed by atoms with E-state index in [9.17, 15) is 9.59 Å². The van der Waals surface area contributed by atoms with Crippen molar-refractivity contribution in [3.05, 3.63) is 16.1 Å². The minimum Gasteiger partial charge on any atom is -0.355 e. The fourth-order valence-corrected chi connectivity index (χ4v) is 4.79. The highest BCUT2D eigenvalue weighted by Crippen LogP contribution is 2.35. The van der Waals surface area contributed by atoms with Crippen LogP contribution in [0.3, 0.4) is 0 Å². The molecule has 1 aliphatic carbocycles. The highest BCUT2D eigenvalue weighted by molar-refractivity contribution is 7.09. The molecule has 1 aliphatic heterocycles. The van der Waals surface area contributed by atoms with Crippen molar-refractivity contribution in [1.82, 2.24) is 20.1 Å². The van der Waals surface area contributed by atoms with Crippen LogP contribution >= 0.6 is 11.3 Å². The van der Waals surface area contributed by atoms with E-state index in [1.807, 2.05) is 11.9 Å². The normalized spacial score (nSPS) is 22.6.